The molecule has 0 nitrogen and oxygen atoms in total. The number of rotatable bonds is 9. The third kappa shape index (κ3) is 11.5. The van der Waals surface area contributed by atoms with E-state index in [9.17, 15) is 74.6 Å². The molecule has 0 fully saturated rings. The van der Waals surface area contributed by atoms with Gasteiger partial charge in [0.05, 0.1) is 24.7 Å². The molecule has 0 bridgehead atoms. The molecule has 0 rings (SSSR count). The minimum Gasteiger partial charge on any atom is -0.234 e. The summed E-state index contributed by atoms with van der Waals surface area (Å²) >= 11 is 0. The Morgan fingerprint density at radius 1 is 0.606 bits per heavy atom. The summed E-state index contributed by atoms with van der Waals surface area (Å²) in [7, 11) is 0. The summed E-state index contributed by atoms with van der Waals surface area (Å²) in [5.41, 5.74) is -4.74. The first-order valence-electron chi connectivity index (χ1n) is 8.49. The van der Waals surface area contributed by atoms with E-state index in [0.717, 1.165) is 0 Å². The first kappa shape index (κ1) is 31.6. The molecule has 0 aromatic carbocycles. The highest BCUT2D eigenvalue weighted by Crippen LogP contribution is 2.48. The van der Waals surface area contributed by atoms with Crippen molar-refractivity contribution < 1.29 is 74.6 Å². The van der Waals surface area contributed by atoms with Crippen molar-refractivity contribution in [1.29, 1.82) is 0 Å². The van der Waals surface area contributed by atoms with Gasteiger partial charge in [-0.3, -0.25) is 0 Å². The molecule has 0 heterocycles. The second-order valence-corrected chi connectivity index (χ2v) is 7.49. The Morgan fingerprint density at radius 3 is 1.39 bits per heavy atom. The van der Waals surface area contributed by atoms with Gasteiger partial charge in [0.2, 0.25) is 5.67 Å². The summed E-state index contributed by atoms with van der Waals surface area (Å²) in [6, 6.07) is 0. The maximum atomic E-state index is 13.8. The van der Waals surface area contributed by atoms with Crippen molar-refractivity contribution in [2.45, 2.75) is 74.8 Å². The zero-order chi connectivity index (χ0) is 26.9. The van der Waals surface area contributed by atoms with Crippen molar-refractivity contribution in [3.63, 3.8) is 0 Å². The van der Waals surface area contributed by atoms with Gasteiger partial charge in [0.25, 0.3) is 11.8 Å². The highest BCUT2D eigenvalue weighted by molar-refractivity contribution is 4.98. The lowest BCUT2D eigenvalue weighted by molar-refractivity contribution is -0.252. The molecule has 33 heavy (non-hydrogen) atoms. The first-order chi connectivity index (χ1) is 14.1. The lowest BCUT2D eigenvalue weighted by Crippen LogP contribution is -2.45. The fourth-order valence-electron chi connectivity index (χ4n) is 2.65. The van der Waals surface area contributed by atoms with E-state index in [1.54, 1.807) is 0 Å². The second-order valence-electron chi connectivity index (χ2n) is 7.49. The van der Waals surface area contributed by atoms with E-state index in [1.165, 1.54) is 0 Å². The molecule has 17 heteroatoms. The molecule has 3 unspecified atom stereocenters. The summed E-state index contributed by atoms with van der Waals surface area (Å²) in [6.45, 7) is -0.446. The highest BCUT2D eigenvalue weighted by atomic mass is 19.4. The van der Waals surface area contributed by atoms with Crippen LogP contribution < -0.4 is 0 Å². The average Bonchev–Trinajstić information content (AvgIpc) is 2.42. The van der Waals surface area contributed by atoms with Crippen LogP contribution in [-0.4, -0.2) is 42.2 Å². The van der Waals surface area contributed by atoms with Crippen LogP contribution >= 0.6 is 0 Å². The number of halogens is 17. The van der Waals surface area contributed by atoms with Gasteiger partial charge in [-0.15, -0.1) is 0 Å². The summed E-state index contributed by atoms with van der Waals surface area (Å²) in [6.07, 6.45) is -36.3. The fraction of sp³-hybridized carbons (Fsp3) is 0.875. The van der Waals surface area contributed by atoms with E-state index >= 15 is 0 Å². The smallest absolute Gasteiger partial charge is 0.234 e. The van der Waals surface area contributed by atoms with Crippen molar-refractivity contribution in [1.82, 2.24) is 0 Å². The van der Waals surface area contributed by atoms with Gasteiger partial charge in [-0.1, -0.05) is 6.08 Å². The predicted molar refractivity (Wildman–Crippen MR) is 78.2 cm³/mol. The molecular formula is C16H15F17. The molecule has 0 aliphatic carbocycles. The fourth-order valence-corrected chi connectivity index (χ4v) is 2.65. The van der Waals surface area contributed by atoms with Crippen molar-refractivity contribution in [2.75, 3.05) is 0 Å². The molecule has 0 aliphatic rings. The SMILES string of the molecule is CC(F)(CC(F)(F)CC(F)(F)CC(CC(/C=C\C(F)(F)F)C(F)(F)F)C(F)(F)F)C(F)(F)F. The van der Waals surface area contributed by atoms with Crippen molar-refractivity contribution in [2.24, 2.45) is 11.8 Å². The van der Waals surface area contributed by atoms with Crippen LogP contribution in [0.1, 0.15) is 32.6 Å². The van der Waals surface area contributed by atoms with E-state index in [1.807, 2.05) is 0 Å². The van der Waals surface area contributed by atoms with Gasteiger partial charge in [0.15, 0.2) is 0 Å². The van der Waals surface area contributed by atoms with Crippen LogP contribution in [-0.2, 0) is 0 Å². The molecule has 3 atom stereocenters. The molecule has 198 valence electrons. The van der Waals surface area contributed by atoms with Gasteiger partial charge in [-0.25, -0.2) is 22.0 Å². The molecule has 0 aliphatic heterocycles. The largest absolute Gasteiger partial charge is 0.422 e. The van der Waals surface area contributed by atoms with E-state index in [-0.39, 0.29) is 0 Å². The third-order valence-corrected chi connectivity index (χ3v) is 4.18. The Bertz CT molecular complexity index is 644. The molecular weight excluding hydrogens is 515 g/mol. The quantitative estimate of drug-likeness (QED) is 0.207. The molecule has 0 N–H and O–H groups in total. The first-order valence-corrected chi connectivity index (χ1v) is 8.49. The minimum absolute atomic E-state index is 0.446. The van der Waals surface area contributed by atoms with Gasteiger partial charge < -0.3 is 0 Å². The number of allylic oxidation sites excluding steroid dienone is 2. The Labute approximate surface area is 174 Å². The molecule has 0 aromatic rings. The number of hydrogen-bond donors (Lipinski definition) is 0. The maximum absolute atomic E-state index is 13.8. The summed E-state index contributed by atoms with van der Waals surface area (Å²) in [5.74, 6) is -17.9. The summed E-state index contributed by atoms with van der Waals surface area (Å²) < 4.78 is 219. The normalized spacial score (nSPS) is 19.0. The van der Waals surface area contributed by atoms with Gasteiger partial charge in [0.1, 0.15) is 0 Å². The van der Waals surface area contributed by atoms with Crippen molar-refractivity contribution in [3.05, 3.63) is 12.2 Å². The molecule has 0 saturated heterocycles. The van der Waals surface area contributed by atoms with Gasteiger partial charge in [-0.05, 0) is 13.3 Å². The molecule has 0 spiro atoms. The molecule has 0 amide bonds. The third-order valence-electron chi connectivity index (χ3n) is 4.18. The molecule has 0 saturated carbocycles. The Hall–Kier alpha value is -1.45. The Balaban J connectivity index is 5.78. The predicted octanol–water partition coefficient (Wildman–Crippen LogP) is 8.58. The van der Waals surface area contributed by atoms with Crippen LogP contribution in [0.15, 0.2) is 12.2 Å². The maximum Gasteiger partial charge on any atom is 0.422 e. The second kappa shape index (κ2) is 9.66. The summed E-state index contributed by atoms with van der Waals surface area (Å²) in [4.78, 5) is 0. The monoisotopic (exact) mass is 530 g/mol. The topological polar surface area (TPSA) is 0 Å². The average molecular weight is 530 g/mol. The van der Waals surface area contributed by atoms with Gasteiger partial charge in [-0.2, -0.15) is 52.7 Å². The van der Waals surface area contributed by atoms with E-state index < -0.39 is 98.8 Å². The molecule has 0 aromatic heterocycles. The van der Waals surface area contributed by atoms with E-state index in [2.05, 4.69) is 0 Å². The van der Waals surface area contributed by atoms with E-state index in [0.29, 0.717) is 0 Å². The molecule has 0 radical (unpaired) electrons. The summed E-state index contributed by atoms with van der Waals surface area (Å²) in [5, 5.41) is 0. The van der Waals surface area contributed by atoms with E-state index in [4.69, 9.17) is 0 Å². The van der Waals surface area contributed by atoms with Crippen LogP contribution in [0.3, 0.4) is 0 Å². The number of alkyl halides is 17. The Kier molecular flexibility index (Phi) is 9.24. The number of hydrogen-bond acceptors (Lipinski definition) is 0. The zero-order valence-corrected chi connectivity index (χ0v) is 16.1. The van der Waals surface area contributed by atoms with Crippen molar-refractivity contribution in [3.8, 4) is 0 Å². The Morgan fingerprint density at radius 2 is 1.06 bits per heavy atom. The lowest BCUT2D eigenvalue weighted by atomic mass is 9.86. The van der Waals surface area contributed by atoms with Gasteiger partial charge >= 0.3 is 24.7 Å². The lowest BCUT2D eigenvalue weighted by Gasteiger charge is -2.32. The van der Waals surface area contributed by atoms with Crippen LogP contribution in [0.5, 0.6) is 0 Å². The van der Waals surface area contributed by atoms with Crippen LogP contribution in [0.4, 0.5) is 74.6 Å². The van der Waals surface area contributed by atoms with Crippen LogP contribution in [0.2, 0.25) is 0 Å². The van der Waals surface area contributed by atoms with Crippen LogP contribution in [0.25, 0.3) is 0 Å². The zero-order valence-electron chi connectivity index (χ0n) is 16.1. The minimum atomic E-state index is -5.97. The van der Waals surface area contributed by atoms with Gasteiger partial charge in [0, 0.05) is 12.5 Å². The highest BCUT2D eigenvalue weighted by Gasteiger charge is 2.59. The van der Waals surface area contributed by atoms with Crippen molar-refractivity contribution >= 4 is 0 Å². The van der Waals surface area contributed by atoms with Crippen LogP contribution in [0, 0.1) is 11.8 Å². The standard InChI is InChI=1S/C16H15F17/c1-10(17,16(31,32)33)6-12(20,21)7-11(18,19)5-9(15(28,29)30)4-8(14(25,26)27)2-3-13(22,23)24/h2-3,8-9H,4-7H2,1H3/b3-2-.